The van der Waals surface area contributed by atoms with Crippen LogP contribution in [0.3, 0.4) is 0 Å². The molecule has 1 N–H and O–H groups in total. The average Bonchev–Trinajstić information content (AvgIpc) is 3.37. The summed E-state index contributed by atoms with van der Waals surface area (Å²) < 4.78 is 13.8. The van der Waals surface area contributed by atoms with Gasteiger partial charge in [0.1, 0.15) is 5.82 Å². The number of aromatic nitrogens is 1. The lowest BCUT2D eigenvalue weighted by molar-refractivity contribution is 0.190. The van der Waals surface area contributed by atoms with Crippen molar-refractivity contribution in [2.45, 2.75) is 32.0 Å². The molecule has 114 valence electrons. The van der Waals surface area contributed by atoms with Gasteiger partial charge in [-0.25, -0.2) is 9.18 Å². The SMILES string of the molecule is O=C(NCc1ccccn1)N(Cc1ccccc1F)C1CC1. The van der Waals surface area contributed by atoms with Crippen LogP contribution in [-0.2, 0) is 13.1 Å². The van der Waals surface area contributed by atoms with Crippen LogP contribution in [0, 0.1) is 5.82 Å². The van der Waals surface area contributed by atoms with Gasteiger partial charge in [-0.05, 0) is 31.0 Å². The van der Waals surface area contributed by atoms with Crippen LogP contribution in [0.15, 0.2) is 48.7 Å². The average molecular weight is 299 g/mol. The van der Waals surface area contributed by atoms with Gasteiger partial charge >= 0.3 is 6.03 Å². The molecule has 0 unspecified atom stereocenters. The molecule has 2 aromatic rings. The molecule has 1 saturated carbocycles. The smallest absolute Gasteiger partial charge is 0.318 e. The molecule has 0 bridgehead atoms. The fraction of sp³-hybridized carbons (Fsp3) is 0.294. The van der Waals surface area contributed by atoms with Gasteiger partial charge < -0.3 is 10.2 Å². The van der Waals surface area contributed by atoms with Crippen LogP contribution < -0.4 is 5.32 Å². The summed E-state index contributed by atoms with van der Waals surface area (Å²) in [6, 6.07) is 12.2. The molecule has 22 heavy (non-hydrogen) atoms. The van der Waals surface area contributed by atoms with Crippen LogP contribution in [0.1, 0.15) is 24.1 Å². The van der Waals surface area contributed by atoms with E-state index in [9.17, 15) is 9.18 Å². The molecule has 5 heteroatoms. The number of nitrogens with zero attached hydrogens (tertiary/aromatic N) is 2. The van der Waals surface area contributed by atoms with E-state index in [1.165, 1.54) is 6.07 Å². The Morgan fingerprint density at radius 3 is 2.68 bits per heavy atom. The predicted octanol–water partition coefficient (Wildman–Crippen LogP) is 3.09. The fourth-order valence-electron chi connectivity index (χ4n) is 2.33. The highest BCUT2D eigenvalue weighted by Crippen LogP contribution is 2.28. The number of pyridine rings is 1. The van der Waals surface area contributed by atoms with E-state index in [0.29, 0.717) is 18.7 Å². The van der Waals surface area contributed by atoms with E-state index in [1.807, 2.05) is 18.2 Å². The van der Waals surface area contributed by atoms with Crippen molar-refractivity contribution in [3.8, 4) is 0 Å². The topological polar surface area (TPSA) is 45.2 Å². The summed E-state index contributed by atoms with van der Waals surface area (Å²) in [5.41, 5.74) is 1.35. The van der Waals surface area contributed by atoms with E-state index in [4.69, 9.17) is 0 Å². The molecule has 0 saturated heterocycles. The third-order valence-electron chi connectivity index (χ3n) is 3.69. The van der Waals surface area contributed by atoms with Crippen LogP contribution in [0.25, 0.3) is 0 Å². The fourth-order valence-corrected chi connectivity index (χ4v) is 2.33. The molecule has 0 atom stereocenters. The Labute approximate surface area is 129 Å². The minimum atomic E-state index is -0.273. The predicted molar refractivity (Wildman–Crippen MR) is 81.4 cm³/mol. The highest BCUT2D eigenvalue weighted by Gasteiger charge is 2.32. The van der Waals surface area contributed by atoms with Crippen molar-refractivity contribution >= 4 is 6.03 Å². The molecule has 1 aromatic heterocycles. The number of nitrogens with one attached hydrogen (secondary N) is 1. The van der Waals surface area contributed by atoms with Crippen LogP contribution in [0.4, 0.5) is 9.18 Å². The monoisotopic (exact) mass is 299 g/mol. The van der Waals surface area contributed by atoms with E-state index in [1.54, 1.807) is 29.3 Å². The normalized spacial score (nSPS) is 13.7. The zero-order chi connectivity index (χ0) is 15.4. The van der Waals surface area contributed by atoms with Gasteiger partial charge in [0.25, 0.3) is 0 Å². The summed E-state index contributed by atoms with van der Waals surface area (Å²) in [5, 5.41) is 2.86. The van der Waals surface area contributed by atoms with Crippen LogP contribution in [0.5, 0.6) is 0 Å². The molecule has 1 fully saturated rings. The second-order valence-corrected chi connectivity index (χ2v) is 5.43. The zero-order valence-electron chi connectivity index (χ0n) is 12.2. The molecule has 3 rings (SSSR count). The molecule has 4 nitrogen and oxygen atoms in total. The number of hydrogen-bond donors (Lipinski definition) is 1. The Bertz CT molecular complexity index is 643. The lowest BCUT2D eigenvalue weighted by atomic mass is 10.2. The molecule has 1 aliphatic rings. The van der Waals surface area contributed by atoms with Gasteiger partial charge in [0.2, 0.25) is 0 Å². The molecule has 1 aliphatic carbocycles. The first-order chi connectivity index (χ1) is 10.7. The first-order valence-corrected chi connectivity index (χ1v) is 7.42. The van der Waals surface area contributed by atoms with Crippen molar-refractivity contribution in [1.29, 1.82) is 0 Å². The Morgan fingerprint density at radius 2 is 2.00 bits per heavy atom. The summed E-state index contributed by atoms with van der Waals surface area (Å²) in [6.45, 7) is 0.672. The first-order valence-electron chi connectivity index (χ1n) is 7.42. The second-order valence-electron chi connectivity index (χ2n) is 5.43. The minimum absolute atomic E-state index is 0.170. The van der Waals surface area contributed by atoms with Gasteiger partial charge in [-0.1, -0.05) is 24.3 Å². The van der Waals surface area contributed by atoms with E-state index in [-0.39, 0.29) is 17.9 Å². The molecular formula is C17H18FN3O. The maximum Gasteiger partial charge on any atom is 0.318 e. The lowest BCUT2D eigenvalue weighted by Crippen LogP contribution is -2.40. The van der Waals surface area contributed by atoms with Crippen molar-refractivity contribution in [1.82, 2.24) is 15.2 Å². The van der Waals surface area contributed by atoms with E-state index in [2.05, 4.69) is 10.3 Å². The molecule has 0 radical (unpaired) electrons. The summed E-state index contributed by atoms with van der Waals surface area (Å²) in [5.74, 6) is -0.273. The Balaban J connectivity index is 1.64. The van der Waals surface area contributed by atoms with Gasteiger partial charge in [-0.3, -0.25) is 4.98 Å². The number of carbonyl (C=O) groups is 1. The van der Waals surface area contributed by atoms with Crippen molar-refractivity contribution in [3.63, 3.8) is 0 Å². The maximum absolute atomic E-state index is 13.8. The van der Waals surface area contributed by atoms with Crippen LogP contribution >= 0.6 is 0 Å². The molecule has 0 aliphatic heterocycles. The molecular weight excluding hydrogens is 281 g/mol. The summed E-state index contributed by atoms with van der Waals surface area (Å²) in [6.07, 6.45) is 3.65. The van der Waals surface area contributed by atoms with Gasteiger partial charge in [-0.15, -0.1) is 0 Å². The highest BCUT2D eigenvalue weighted by molar-refractivity contribution is 5.74. The lowest BCUT2D eigenvalue weighted by Gasteiger charge is -2.23. The van der Waals surface area contributed by atoms with Crippen molar-refractivity contribution < 1.29 is 9.18 Å². The molecule has 1 heterocycles. The van der Waals surface area contributed by atoms with Gasteiger partial charge in [0.05, 0.1) is 18.8 Å². The summed E-state index contributed by atoms with van der Waals surface area (Å²) in [4.78, 5) is 18.3. The van der Waals surface area contributed by atoms with Gasteiger partial charge in [-0.2, -0.15) is 0 Å². The highest BCUT2D eigenvalue weighted by atomic mass is 19.1. The van der Waals surface area contributed by atoms with Crippen molar-refractivity contribution in [3.05, 3.63) is 65.7 Å². The molecule has 2 amide bonds. The quantitative estimate of drug-likeness (QED) is 0.922. The van der Waals surface area contributed by atoms with E-state index >= 15 is 0 Å². The summed E-state index contributed by atoms with van der Waals surface area (Å²) in [7, 11) is 0. The number of halogens is 1. The summed E-state index contributed by atoms with van der Waals surface area (Å²) >= 11 is 0. The standard InChI is InChI=1S/C17H18FN3O/c18-16-7-2-1-5-13(16)12-21(15-8-9-15)17(22)20-11-14-6-3-4-10-19-14/h1-7,10,15H,8-9,11-12H2,(H,20,22). The Kier molecular flexibility index (Phi) is 4.32. The number of hydrogen-bond acceptors (Lipinski definition) is 2. The van der Waals surface area contributed by atoms with Gasteiger partial charge in [0.15, 0.2) is 0 Å². The number of urea groups is 1. The second kappa shape index (κ2) is 6.56. The molecule has 1 aromatic carbocycles. The number of benzene rings is 1. The van der Waals surface area contributed by atoms with Crippen molar-refractivity contribution in [2.24, 2.45) is 0 Å². The zero-order valence-corrected chi connectivity index (χ0v) is 12.2. The van der Waals surface area contributed by atoms with Crippen molar-refractivity contribution in [2.75, 3.05) is 0 Å². The number of carbonyl (C=O) groups excluding carboxylic acids is 1. The Morgan fingerprint density at radius 1 is 1.23 bits per heavy atom. The maximum atomic E-state index is 13.8. The third-order valence-corrected chi connectivity index (χ3v) is 3.69. The van der Waals surface area contributed by atoms with Crippen LogP contribution in [0.2, 0.25) is 0 Å². The van der Waals surface area contributed by atoms with Crippen LogP contribution in [-0.4, -0.2) is 22.0 Å². The Hall–Kier alpha value is -2.43. The van der Waals surface area contributed by atoms with Gasteiger partial charge in [0, 0.05) is 17.8 Å². The molecule has 0 spiro atoms. The third kappa shape index (κ3) is 3.61. The number of rotatable bonds is 5. The van der Waals surface area contributed by atoms with E-state index < -0.39 is 0 Å². The largest absolute Gasteiger partial charge is 0.332 e. The minimum Gasteiger partial charge on any atom is -0.332 e. The van der Waals surface area contributed by atoms with E-state index in [0.717, 1.165) is 18.5 Å². The number of amides is 2. The first kappa shape index (κ1) is 14.5.